The first kappa shape index (κ1) is 15.4. The van der Waals surface area contributed by atoms with Crippen molar-refractivity contribution in [1.29, 1.82) is 0 Å². The van der Waals surface area contributed by atoms with Crippen LogP contribution in [0.5, 0.6) is 0 Å². The predicted octanol–water partition coefficient (Wildman–Crippen LogP) is 2.11. The molecule has 0 aliphatic heterocycles. The summed E-state index contributed by atoms with van der Waals surface area (Å²) in [5.74, 6) is -0.779. The SMILES string of the molecule is C=CC(=O)OCC(C(C)C)C(C)OC(=O)C=C. The minimum absolute atomic E-state index is 0.0530. The molecule has 0 spiro atoms. The molecule has 0 aromatic heterocycles. The molecular weight excluding hydrogens is 220 g/mol. The third-order valence-electron chi connectivity index (χ3n) is 2.51. The van der Waals surface area contributed by atoms with Crippen molar-refractivity contribution in [1.82, 2.24) is 0 Å². The van der Waals surface area contributed by atoms with E-state index in [1.54, 1.807) is 6.92 Å². The van der Waals surface area contributed by atoms with Gasteiger partial charge in [0.25, 0.3) is 0 Å². The molecule has 0 radical (unpaired) electrons. The standard InChI is InChI=1S/C13H20O4/c1-6-12(14)16-8-11(9(3)4)10(5)17-13(15)7-2/h6-7,9-11H,1-2,8H2,3-5H3. The van der Waals surface area contributed by atoms with Gasteiger partial charge < -0.3 is 9.47 Å². The van der Waals surface area contributed by atoms with E-state index in [1.165, 1.54) is 0 Å². The second kappa shape index (κ2) is 7.65. The summed E-state index contributed by atoms with van der Waals surface area (Å²) in [6.45, 7) is 12.6. The summed E-state index contributed by atoms with van der Waals surface area (Å²) < 4.78 is 10.1. The van der Waals surface area contributed by atoms with Gasteiger partial charge in [0.05, 0.1) is 6.61 Å². The molecule has 4 nitrogen and oxygen atoms in total. The van der Waals surface area contributed by atoms with Crippen molar-refractivity contribution in [2.24, 2.45) is 11.8 Å². The molecule has 0 heterocycles. The smallest absolute Gasteiger partial charge is 0.330 e. The van der Waals surface area contributed by atoms with E-state index in [4.69, 9.17) is 9.47 Å². The molecule has 0 aliphatic carbocycles. The zero-order valence-electron chi connectivity index (χ0n) is 10.6. The van der Waals surface area contributed by atoms with Crippen LogP contribution >= 0.6 is 0 Å². The third kappa shape index (κ3) is 5.90. The first-order chi connectivity index (χ1) is 7.92. The number of carbonyl (C=O) groups excluding carboxylic acids is 2. The average molecular weight is 240 g/mol. The van der Waals surface area contributed by atoms with E-state index in [1.807, 2.05) is 13.8 Å². The van der Waals surface area contributed by atoms with Crippen LogP contribution in [-0.2, 0) is 19.1 Å². The van der Waals surface area contributed by atoms with Crippen molar-refractivity contribution in [3.05, 3.63) is 25.3 Å². The van der Waals surface area contributed by atoms with Crippen molar-refractivity contribution >= 4 is 11.9 Å². The highest BCUT2D eigenvalue weighted by molar-refractivity contribution is 5.81. The molecule has 96 valence electrons. The number of carbonyl (C=O) groups is 2. The van der Waals surface area contributed by atoms with Crippen molar-refractivity contribution in [2.75, 3.05) is 6.61 Å². The van der Waals surface area contributed by atoms with Crippen LogP contribution in [0.1, 0.15) is 20.8 Å². The van der Waals surface area contributed by atoms with E-state index >= 15 is 0 Å². The Labute approximate surface area is 102 Å². The number of ether oxygens (including phenoxy) is 2. The molecule has 17 heavy (non-hydrogen) atoms. The fourth-order valence-electron chi connectivity index (χ4n) is 1.43. The number of rotatable bonds is 7. The summed E-state index contributed by atoms with van der Waals surface area (Å²) >= 11 is 0. The molecule has 0 bridgehead atoms. The molecular formula is C13H20O4. The minimum Gasteiger partial charge on any atom is -0.462 e. The Morgan fingerprint density at radius 1 is 1.12 bits per heavy atom. The third-order valence-corrected chi connectivity index (χ3v) is 2.51. The predicted molar refractivity (Wildman–Crippen MR) is 65.2 cm³/mol. The molecule has 2 unspecified atom stereocenters. The summed E-state index contributed by atoms with van der Waals surface area (Å²) in [6.07, 6.45) is 1.89. The van der Waals surface area contributed by atoms with Gasteiger partial charge in [-0.2, -0.15) is 0 Å². The van der Waals surface area contributed by atoms with Crippen molar-refractivity contribution < 1.29 is 19.1 Å². The van der Waals surface area contributed by atoms with Crippen LogP contribution < -0.4 is 0 Å². The molecule has 4 heteroatoms. The number of esters is 2. The van der Waals surface area contributed by atoms with Crippen LogP contribution in [0.15, 0.2) is 25.3 Å². The fraction of sp³-hybridized carbons (Fsp3) is 0.538. The summed E-state index contributed by atoms with van der Waals surface area (Å²) in [4.78, 5) is 22.1. The Morgan fingerprint density at radius 2 is 1.65 bits per heavy atom. The van der Waals surface area contributed by atoms with Gasteiger partial charge in [0.2, 0.25) is 0 Å². The van der Waals surface area contributed by atoms with Gasteiger partial charge in [-0.15, -0.1) is 0 Å². The molecule has 0 fully saturated rings. The first-order valence-corrected chi connectivity index (χ1v) is 5.54. The van der Waals surface area contributed by atoms with Crippen LogP contribution in [0.2, 0.25) is 0 Å². The molecule has 0 aliphatic rings. The second-order valence-electron chi connectivity index (χ2n) is 4.09. The second-order valence-corrected chi connectivity index (χ2v) is 4.09. The molecule has 0 amide bonds. The van der Waals surface area contributed by atoms with Gasteiger partial charge in [-0.25, -0.2) is 9.59 Å². The maximum absolute atomic E-state index is 11.1. The lowest BCUT2D eigenvalue weighted by Gasteiger charge is -2.26. The van der Waals surface area contributed by atoms with Gasteiger partial charge in [-0.1, -0.05) is 27.0 Å². The largest absolute Gasteiger partial charge is 0.462 e. The van der Waals surface area contributed by atoms with E-state index in [-0.39, 0.29) is 24.5 Å². The van der Waals surface area contributed by atoms with E-state index in [2.05, 4.69) is 13.2 Å². The monoisotopic (exact) mass is 240 g/mol. The zero-order chi connectivity index (χ0) is 13.4. The van der Waals surface area contributed by atoms with Crippen LogP contribution in [-0.4, -0.2) is 24.6 Å². The molecule has 0 saturated carbocycles. The maximum atomic E-state index is 11.1. The molecule has 2 atom stereocenters. The highest BCUT2D eigenvalue weighted by Crippen LogP contribution is 2.19. The quantitative estimate of drug-likeness (QED) is 0.505. The summed E-state index contributed by atoms with van der Waals surface area (Å²) in [5, 5.41) is 0. The van der Waals surface area contributed by atoms with E-state index in [0.717, 1.165) is 12.2 Å². The summed E-state index contributed by atoms with van der Waals surface area (Å²) in [6, 6.07) is 0. The zero-order valence-corrected chi connectivity index (χ0v) is 10.6. The van der Waals surface area contributed by atoms with Gasteiger partial charge >= 0.3 is 11.9 Å². The van der Waals surface area contributed by atoms with Gasteiger partial charge in [0, 0.05) is 18.1 Å². The van der Waals surface area contributed by atoms with E-state index in [0.29, 0.717) is 0 Å². The minimum atomic E-state index is -0.474. The first-order valence-electron chi connectivity index (χ1n) is 5.54. The highest BCUT2D eigenvalue weighted by Gasteiger charge is 2.24. The van der Waals surface area contributed by atoms with Crippen LogP contribution in [0, 0.1) is 11.8 Å². The van der Waals surface area contributed by atoms with Crippen LogP contribution in [0.25, 0.3) is 0 Å². The summed E-state index contributed by atoms with van der Waals surface area (Å²) in [7, 11) is 0. The van der Waals surface area contributed by atoms with Gasteiger partial charge in [-0.3, -0.25) is 0 Å². The topological polar surface area (TPSA) is 52.6 Å². The lowest BCUT2D eigenvalue weighted by Crippen LogP contribution is -2.31. The average Bonchev–Trinajstić information content (AvgIpc) is 2.28. The molecule has 0 aromatic carbocycles. The molecule has 0 aromatic rings. The number of hydrogen-bond acceptors (Lipinski definition) is 4. The van der Waals surface area contributed by atoms with Gasteiger partial charge in [0.1, 0.15) is 6.10 Å². The molecule has 0 rings (SSSR count). The van der Waals surface area contributed by atoms with E-state index in [9.17, 15) is 9.59 Å². The highest BCUT2D eigenvalue weighted by atomic mass is 16.6. The molecule has 0 N–H and O–H groups in total. The Kier molecular flexibility index (Phi) is 6.94. The lowest BCUT2D eigenvalue weighted by atomic mass is 9.92. The maximum Gasteiger partial charge on any atom is 0.330 e. The Balaban J connectivity index is 4.40. The number of hydrogen-bond donors (Lipinski definition) is 0. The Morgan fingerprint density at radius 3 is 2.06 bits per heavy atom. The van der Waals surface area contributed by atoms with Gasteiger partial charge in [-0.05, 0) is 12.8 Å². The Bertz CT molecular complexity index is 294. The normalized spacial score (nSPS) is 13.6. The van der Waals surface area contributed by atoms with Gasteiger partial charge in [0.15, 0.2) is 0 Å². The lowest BCUT2D eigenvalue weighted by molar-refractivity contribution is -0.149. The van der Waals surface area contributed by atoms with E-state index < -0.39 is 11.9 Å². The van der Waals surface area contributed by atoms with Crippen molar-refractivity contribution in [3.63, 3.8) is 0 Å². The van der Waals surface area contributed by atoms with Crippen LogP contribution in [0.4, 0.5) is 0 Å². The molecule has 0 saturated heterocycles. The Hall–Kier alpha value is -1.58. The fourth-order valence-corrected chi connectivity index (χ4v) is 1.43. The van der Waals surface area contributed by atoms with Crippen molar-refractivity contribution in [2.45, 2.75) is 26.9 Å². The van der Waals surface area contributed by atoms with Crippen molar-refractivity contribution in [3.8, 4) is 0 Å². The summed E-state index contributed by atoms with van der Waals surface area (Å²) in [5.41, 5.74) is 0. The van der Waals surface area contributed by atoms with Crippen LogP contribution in [0.3, 0.4) is 0 Å².